The fraction of sp³-hybridized carbons (Fsp3) is 0.299. The highest BCUT2D eigenvalue weighted by atomic mass is 15.3. The number of hydrogen-bond acceptors (Lipinski definition) is 3. The van der Waals surface area contributed by atoms with Crippen LogP contribution in [0.2, 0.25) is 0 Å². The van der Waals surface area contributed by atoms with Crippen LogP contribution in [0.4, 0.5) is 45.5 Å². The van der Waals surface area contributed by atoms with E-state index in [-0.39, 0.29) is 39.3 Å². The second kappa shape index (κ2) is 18.7. The Bertz CT molecular complexity index is 3710. The summed E-state index contributed by atoms with van der Waals surface area (Å²) in [5.41, 5.74) is 26.0. The summed E-state index contributed by atoms with van der Waals surface area (Å²) in [5, 5.41) is 0. The minimum absolute atomic E-state index is 0.0628. The standard InChI is InChI=1S/C77H80BN3/c1-72(2,3)54-37-41-64(59(45-54)51-27-17-14-18-28-51)79-67-47-56(74(7,8)9)35-39-62(67)78-63-40-36-57(75(10,11)12)48-68(63)80(65-42-38-55(73(4,5)6)46-60(65)52-29-19-15-20-30-52)70-50-58(49-69(79)71(70)78)81-66-34-24-23-33-61(66)77(53-31-21-16-22-32-53)44-26-25-43-76(77,81)13/h14-24,27-42,45-50H,25-26,43-44H2,1-13H3. The second-order valence-electron chi connectivity index (χ2n) is 28.3. The molecular formula is C77H80BN3. The first kappa shape index (κ1) is 52.8. The lowest BCUT2D eigenvalue weighted by Crippen LogP contribution is -2.62. The van der Waals surface area contributed by atoms with Crippen molar-refractivity contribution in [2.45, 2.75) is 148 Å². The molecule has 0 amide bonds. The monoisotopic (exact) mass is 1060 g/mol. The summed E-state index contributed by atoms with van der Waals surface area (Å²) in [6, 6.07) is 78.3. The zero-order chi connectivity index (χ0) is 56.6. The minimum atomic E-state index is -0.294. The molecule has 0 spiro atoms. The molecule has 9 aromatic rings. The van der Waals surface area contributed by atoms with Crippen LogP contribution in [0.1, 0.15) is 149 Å². The van der Waals surface area contributed by atoms with Gasteiger partial charge >= 0.3 is 0 Å². The van der Waals surface area contributed by atoms with Gasteiger partial charge in [-0.05, 0) is 157 Å². The van der Waals surface area contributed by atoms with E-state index < -0.39 is 0 Å². The number of benzene rings is 9. The largest absolute Gasteiger partial charge is 0.334 e. The van der Waals surface area contributed by atoms with Gasteiger partial charge in [-0.2, -0.15) is 0 Å². The lowest BCUT2D eigenvalue weighted by atomic mass is 9.33. The highest BCUT2D eigenvalue weighted by Crippen LogP contribution is 2.64. The third kappa shape index (κ3) is 8.35. The van der Waals surface area contributed by atoms with Gasteiger partial charge in [-0.3, -0.25) is 0 Å². The second-order valence-corrected chi connectivity index (χ2v) is 28.3. The lowest BCUT2D eigenvalue weighted by Gasteiger charge is -2.53. The quantitative estimate of drug-likeness (QED) is 0.154. The van der Waals surface area contributed by atoms with Crippen LogP contribution in [-0.2, 0) is 27.1 Å². The van der Waals surface area contributed by atoms with Gasteiger partial charge in [0, 0.05) is 50.7 Å². The Kier molecular flexibility index (Phi) is 12.2. The van der Waals surface area contributed by atoms with E-state index in [4.69, 9.17) is 0 Å². The summed E-state index contributed by atoms with van der Waals surface area (Å²) in [6.45, 7) is 30.8. The fourth-order valence-electron chi connectivity index (χ4n) is 14.8. The maximum atomic E-state index is 2.83. The summed E-state index contributed by atoms with van der Waals surface area (Å²) in [5.74, 6) is 0. The Labute approximate surface area is 484 Å². The topological polar surface area (TPSA) is 9.72 Å². The van der Waals surface area contributed by atoms with Gasteiger partial charge in [-0.15, -0.1) is 0 Å². The molecule has 0 bridgehead atoms. The maximum absolute atomic E-state index is 2.83. The van der Waals surface area contributed by atoms with Gasteiger partial charge in [-0.1, -0.05) is 242 Å². The van der Waals surface area contributed by atoms with Crippen LogP contribution >= 0.6 is 0 Å². The zero-order valence-electron chi connectivity index (χ0n) is 50.3. The first-order valence-corrected chi connectivity index (χ1v) is 30.0. The molecule has 3 heterocycles. The van der Waals surface area contributed by atoms with E-state index in [0.717, 1.165) is 12.8 Å². The molecule has 81 heavy (non-hydrogen) atoms. The highest BCUT2D eigenvalue weighted by molar-refractivity contribution is 7.00. The number of fused-ring (bicyclic) bond motifs is 7. The predicted octanol–water partition coefficient (Wildman–Crippen LogP) is 19.1. The molecule has 1 aliphatic carbocycles. The SMILES string of the molecule is CC(C)(C)c1ccc(N2c3cc(C(C)(C)C)ccc3B3c4ccc(C(C)(C)C)cc4N(c4ccc(C(C)(C)C)cc4-c4ccccc4)c4cc(N5c6ccccc6C6(c7ccccc7)CCCCC56C)cc2c43)c(-c2ccccc2)c1. The molecule has 2 unspecified atom stereocenters. The normalized spacial score (nSPS) is 18.5. The average molecular weight is 1060 g/mol. The van der Waals surface area contributed by atoms with Crippen molar-refractivity contribution < 1.29 is 0 Å². The van der Waals surface area contributed by atoms with Gasteiger partial charge in [0.05, 0.1) is 16.9 Å². The van der Waals surface area contributed by atoms with Crippen molar-refractivity contribution >= 4 is 68.6 Å². The van der Waals surface area contributed by atoms with E-state index in [1.165, 1.54) is 130 Å². The first-order valence-electron chi connectivity index (χ1n) is 30.0. The van der Waals surface area contributed by atoms with Crippen LogP contribution in [0.25, 0.3) is 22.3 Å². The van der Waals surface area contributed by atoms with Crippen molar-refractivity contribution in [1.29, 1.82) is 0 Å². The van der Waals surface area contributed by atoms with Crippen LogP contribution in [0, 0.1) is 0 Å². The van der Waals surface area contributed by atoms with Crippen molar-refractivity contribution in [3.05, 3.63) is 234 Å². The molecule has 13 rings (SSSR count). The Morgan fingerprint density at radius 3 is 1.25 bits per heavy atom. The summed E-state index contributed by atoms with van der Waals surface area (Å²) in [6.07, 6.45) is 4.51. The van der Waals surface area contributed by atoms with E-state index in [1.54, 1.807) is 0 Å². The van der Waals surface area contributed by atoms with Crippen molar-refractivity contribution in [3.63, 3.8) is 0 Å². The van der Waals surface area contributed by atoms with Gasteiger partial charge in [0.25, 0.3) is 6.71 Å². The Hall–Kier alpha value is -7.56. The van der Waals surface area contributed by atoms with Crippen LogP contribution in [0.3, 0.4) is 0 Å². The number of para-hydroxylation sites is 1. The molecular weight excluding hydrogens is 978 g/mol. The van der Waals surface area contributed by atoms with Gasteiger partial charge in [-0.25, -0.2) is 0 Å². The van der Waals surface area contributed by atoms with E-state index in [1.807, 2.05) is 0 Å². The molecule has 0 N–H and O–H groups in total. The van der Waals surface area contributed by atoms with Crippen LogP contribution < -0.4 is 31.1 Å². The average Bonchev–Trinajstić information content (AvgIpc) is 2.47. The summed E-state index contributed by atoms with van der Waals surface area (Å²) in [7, 11) is 0. The number of nitrogens with zero attached hydrogens (tertiary/aromatic N) is 3. The number of hydrogen-bond donors (Lipinski definition) is 0. The molecule has 2 atom stereocenters. The predicted molar refractivity (Wildman–Crippen MR) is 349 cm³/mol. The summed E-state index contributed by atoms with van der Waals surface area (Å²) in [4.78, 5) is 8.25. The first-order chi connectivity index (χ1) is 38.6. The van der Waals surface area contributed by atoms with Gasteiger partial charge in [0.15, 0.2) is 0 Å². The fourth-order valence-corrected chi connectivity index (χ4v) is 14.8. The lowest BCUT2D eigenvalue weighted by molar-refractivity contribution is 0.215. The Balaban J connectivity index is 1.21. The summed E-state index contributed by atoms with van der Waals surface area (Å²) < 4.78 is 0. The Morgan fingerprint density at radius 1 is 0.370 bits per heavy atom. The van der Waals surface area contributed by atoms with Crippen molar-refractivity contribution in [2.24, 2.45) is 0 Å². The minimum Gasteiger partial charge on any atom is -0.334 e. The summed E-state index contributed by atoms with van der Waals surface area (Å²) >= 11 is 0. The zero-order valence-corrected chi connectivity index (χ0v) is 50.3. The van der Waals surface area contributed by atoms with Crippen molar-refractivity contribution in [2.75, 3.05) is 14.7 Å². The molecule has 0 saturated heterocycles. The molecule has 406 valence electrons. The van der Waals surface area contributed by atoms with E-state index >= 15 is 0 Å². The third-order valence-corrected chi connectivity index (χ3v) is 19.2. The highest BCUT2D eigenvalue weighted by Gasteiger charge is 2.61. The van der Waals surface area contributed by atoms with Gasteiger partial charge < -0.3 is 14.7 Å². The van der Waals surface area contributed by atoms with Crippen molar-refractivity contribution in [1.82, 2.24) is 0 Å². The van der Waals surface area contributed by atoms with E-state index in [2.05, 4.69) is 305 Å². The van der Waals surface area contributed by atoms with Crippen LogP contribution in [-0.4, -0.2) is 12.3 Å². The van der Waals surface area contributed by atoms with Crippen LogP contribution in [0.15, 0.2) is 200 Å². The number of rotatable bonds is 6. The molecule has 9 aromatic carbocycles. The van der Waals surface area contributed by atoms with E-state index in [9.17, 15) is 0 Å². The smallest absolute Gasteiger partial charge is 0.252 e. The maximum Gasteiger partial charge on any atom is 0.252 e. The van der Waals surface area contributed by atoms with Crippen molar-refractivity contribution in [3.8, 4) is 22.3 Å². The molecule has 4 aliphatic rings. The Morgan fingerprint density at radius 2 is 0.778 bits per heavy atom. The van der Waals surface area contributed by atoms with Crippen LogP contribution in [0.5, 0.6) is 0 Å². The van der Waals surface area contributed by atoms with Gasteiger partial charge in [0.1, 0.15) is 0 Å². The number of anilines is 8. The molecule has 4 heteroatoms. The molecule has 1 fully saturated rings. The molecule has 3 aliphatic heterocycles. The van der Waals surface area contributed by atoms with E-state index in [0.29, 0.717) is 0 Å². The molecule has 0 aromatic heterocycles. The third-order valence-electron chi connectivity index (χ3n) is 19.2. The molecule has 0 radical (unpaired) electrons. The van der Waals surface area contributed by atoms with Gasteiger partial charge in [0.2, 0.25) is 0 Å². The molecule has 1 saturated carbocycles. The molecule has 3 nitrogen and oxygen atoms in total.